The highest BCUT2D eigenvalue weighted by Gasteiger charge is 2.24. The number of rotatable bonds is 7. The lowest BCUT2D eigenvalue weighted by Gasteiger charge is -2.34. The Morgan fingerprint density at radius 1 is 1.06 bits per heavy atom. The SMILES string of the molecule is CCCCNC(=O)N1CCN(C(=O)CNC(=O)c2cc(OC)c3ccccc3n2)CC1. The second-order valence-electron chi connectivity index (χ2n) is 7.36. The van der Waals surface area contributed by atoms with E-state index in [1.165, 1.54) is 7.11 Å². The van der Waals surface area contributed by atoms with E-state index in [0.717, 1.165) is 18.2 Å². The molecule has 0 bridgehead atoms. The molecule has 0 spiro atoms. The number of ether oxygens (including phenoxy) is 1. The number of fused-ring (bicyclic) bond motifs is 1. The molecule has 1 fully saturated rings. The van der Waals surface area contributed by atoms with Gasteiger partial charge in [0.05, 0.1) is 19.2 Å². The van der Waals surface area contributed by atoms with Gasteiger partial charge in [0.2, 0.25) is 5.91 Å². The Morgan fingerprint density at radius 3 is 2.48 bits per heavy atom. The van der Waals surface area contributed by atoms with Crippen LogP contribution in [0.15, 0.2) is 30.3 Å². The summed E-state index contributed by atoms with van der Waals surface area (Å²) < 4.78 is 5.37. The van der Waals surface area contributed by atoms with E-state index >= 15 is 0 Å². The van der Waals surface area contributed by atoms with Crippen LogP contribution in [0.25, 0.3) is 10.9 Å². The number of nitrogens with one attached hydrogen (secondary N) is 2. The molecule has 1 aromatic carbocycles. The molecule has 31 heavy (non-hydrogen) atoms. The highest BCUT2D eigenvalue weighted by Crippen LogP contribution is 2.24. The fraction of sp³-hybridized carbons (Fsp3) is 0.455. The number of pyridine rings is 1. The zero-order chi connectivity index (χ0) is 22.2. The summed E-state index contributed by atoms with van der Waals surface area (Å²) in [6, 6.07) is 8.86. The van der Waals surface area contributed by atoms with Crippen molar-refractivity contribution in [3.63, 3.8) is 0 Å². The van der Waals surface area contributed by atoms with Crippen LogP contribution in [-0.4, -0.2) is 79.0 Å². The Kier molecular flexibility index (Phi) is 7.64. The summed E-state index contributed by atoms with van der Waals surface area (Å²) in [5, 5.41) is 6.34. The minimum atomic E-state index is -0.439. The van der Waals surface area contributed by atoms with Gasteiger partial charge in [-0.2, -0.15) is 0 Å². The molecule has 0 unspecified atom stereocenters. The van der Waals surface area contributed by atoms with Crippen molar-refractivity contribution in [1.29, 1.82) is 0 Å². The van der Waals surface area contributed by atoms with Crippen LogP contribution in [0.5, 0.6) is 5.75 Å². The number of hydrogen-bond donors (Lipinski definition) is 2. The molecule has 1 saturated heterocycles. The summed E-state index contributed by atoms with van der Waals surface area (Å²) in [5.74, 6) is -0.0751. The molecule has 1 aromatic heterocycles. The van der Waals surface area contributed by atoms with Gasteiger partial charge in [-0.05, 0) is 18.6 Å². The number of para-hydroxylation sites is 1. The van der Waals surface area contributed by atoms with E-state index in [1.807, 2.05) is 18.2 Å². The third kappa shape index (κ3) is 5.62. The molecular weight excluding hydrogens is 398 g/mol. The van der Waals surface area contributed by atoms with Crippen LogP contribution in [0.4, 0.5) is 4.79 Å². The van der Waals surface area contributed by atoms with Gasteiger partial charge in [0.15, 0.2) is 0 Å². The second kappa shape index (κ2) is 10.6. The number of carbonyl (C=O) groups is 3. The van der Waals surface area contributed by atoms with E-state index in [-0.39, 0.29) is 24.2 Å². The largest absolute Gasteiger partial charge is 0.496 e. The first kappa shape index (κ1) is 22.3. The Hall–Kier alpha value is -3.36. The summed E-state index contributed by atoms with van der Waals surface area (Å²) in [7, 11) is 1.54. The maximum absolute atomic E-state index is 12.5. The number of unbranched alkanes of at least 4 members (excludes halogenated alkanes) is 1. The number of carbonyl (C=O) groups excluding carboxylic acids is 3. The number of amides is 4. The van der Waals surface area contributed by atoms with Crippen molar-refractivity contribution in [2.24, 2.45) is 0 Å². The third-order valence-corrected chi connectivity index (χ3v) is 5.26. The predicted octanol–water partition coefficient (Wildman–Crippen LogP) is 1.63. The maximum Gasteiger partial charge on any atom is 0.317 e. The van der Waals surface area contributed by atoms with Gasteiger partial charge in [-0.15, -0.1) is 0 Å². The number of piperazine rings is 1. The molecule has 3 rings (SSSR count). The Bertz CT molecular complexity index is 941. The van der Waals surface area contributed by atoms with Crippen LogP contribution >= 0.6 is 0 Å². The fourth-order valence-corrected chi connectivity index (χ4v) is 3.43. The van der Waals surface area contributed by atoms with E-state index < -0.39 is 5.91 Å². The van der Waals surface area contributed by atoms with Gasteiger partial charge in [-0.25, -0.2) is 9.78 Å². The second-order valence-corrected chi connectivity index (χ2v) is 7.36. The summed E-state index contributed by atoms with van der Waals surface area (Å²) in [5.41, 5.74) is 0.837. The van der Waals surface area contributed by atoms with Gasteiger partial charge in [0.1, 0.15) is 11.4 Å². The van der Waals surface area contributed by atoms with E-state index in [9.17, 15) is 14.4 Å². The molecule has 2 aromatic rings. The number of benzene rings is 1. The van der Waals surface area contributed by atoms with E-state index in [4.69, 9.17) is 4.74 Å². The molecule has 0 radical (unpaired) electrons. The average molecular weight is 428 g/mol. The quantitative estimate of drug-likeness (QED) is 0.654. The molecule has 0 saturated carbocycles. The summed E-state index contributed by atoms with van der Waals surface area (Å²) >= 11 is 0. The van der Waals surface area contributed by atoms with E-state index in [0.29, 0.717) is 44.0 Å². The highest BCUT2D eigenvalue weighted by molar-refractivity contribution is 5.98. The number of urea groups is 1. The Labute approximate surface area is 181 Å². The number of aromatic nitrogens is 1. The van der Waals surface area contributed by atoms with Crippen molar-refractivity contribution in [2.45, 2.75) is 19.8 Å². The lowest BCUT2D eigenvalue weighted by Crippen LogP contribution is -2.54. The minimum Gasteiger partial charge on any atom is -0.496 e. The molecule has 9 heteroatoms. The minimum absolute atomic E-state index is 0.0924. The molecule has 2 N–H and O–H groups in total. The molecular formula is C22H29N5O4. The van der Waals surface area contributed by atoms with Crippen LogP contribution in [0, 0.1) is 0 Å². The smallest absolute Gasteiger partial charge is 0.317 e. The van der Waals surface area contributed by atoms with Crippen LogP contribution in [0.3, 0.4) is 0 Å². The molecule has 9 nitrogen and oxygen atoms in total. The van der Waals surface area contributed by atoms with Gasteiger partial charge in [-0.3, -0.25) is 9.59 Å². The standard InChI is InChI=1S/C22H29N5O4/c1-3-4-9-23-22(30)27-12-10-26(11-13-27)20(28)15-24-21(29)18-14-19(31-2)16-7-5-6-8-17(16)25-18/h5-8,14H,3-4,9-13,15H2,1-2H3,(H,23,30)(H,24,29). The van der Waals surface area contributed by atoms with Gasteiger partial charge in [0.25, 0.3) is 5.91 Å². The predicted molar refractivity (Wildman–Crippen MR) is 117 cm³/mol. The van der Waals surface area contributed by atoms with Gasteiger partial charge in [-0.1, -0.05) is 25.5 Å². The lowest BCUT2D eigenvalue weighted by atomic mass is 10.1. The Balaban J connectivity index is 1.50. The summed E-state index contributed by atoms with van der Waals surface area (Å²) in [4.78, 5) is 44.9. The summed E-state index contributed by atoms with van der Waals surface area (Å²) in [6.07, 6.45) is 1.97. The topological polar surface area (TPSA) is 104 Å². The monoisotopic (exact) mass is 427 g/mol. The highest BCUT2D eigenvalue weighted by atomic mass is 16.5. The number of hydrogen-bond acceptors (Lipinski definition) is 5. The van der Waals surface area contributed by atoms with E-state index in [2.05, 4.69) is 22.5 Å². The van der Waals surface area contributed by atoms with Crippen LogP contribution in [-0.2, 0) is 4.79 Å². The van der Waals surface area contributed by atoms with Crippen LogP contribution in [0.1, 0.15) is 30.3 Å². The molecule has 4 amide bonds. The average Bonchev–Trinajstić information content (AvgIpc) is 2.81. The van der Waals surface area contributed by atoms with Gasteiger partial charge in [0, 0.05) is 44.2 Å². The van der Waals surface area contributed by atoms with Crippen LogP contribution in [0.2, 0.25) is 0 Å². The molecule has 0 atom stereocenters. The van der Waals surface area contributed by atoms with Gasteiger partial charge >= 0.3 is 6.03 Å². The first-order valence-corrected chi connectivity index (χ1v) is 10.6. The van der Waals surface area contributed by atoms with Crippen LogP contribution < -0.4 is 15.4 Å². The van der Waals surface area contributed by atoms with Crippen molar-refractivity contribution < 1.29 is 19.1 Å². The van der Waals surface area contributed by atoms with Crippen molar-refractivity contribution in [2.75, 3.05) is 46.4 Å². The summed E-state index contributed by atoms with van der Waals surface area (Å²) in [6.45, 7) is 4.44. The maximum atomic E-state index is 12.5. The van der Waals surface area contributed by atoms with Crippen molar-refractivity contribution in [3.8, 4) is 5.75 Å². The zero-order valence-corrected chi connectivity index (χ0v) is 18.0. The van der Waals surface area contributed by atoms with Gasteiger partial charge < -0.3 is 25.2 Å². The Morgan fingerprint density at radius 2 is 1.77 bits per heavy atom. The third-order valence-electron chi connectivity index (χ3n) is 5.26. The first-order valence-electron chi connectivity index (χ1n) is 10.6. The number of nitrogens with zero attached hydrogens (tertiary/aromatic N) is 3. The number of methoxy groups -OCH3 is 1. The zero-order valence-electron chi connectivity index (χ0n) is 18.0. The van der Waals surface area contributed by atoms with E-state index in [1.54, 1.807) is 21.9 Å². The molecule has 2 heterocycles. The first-order chi connectivity index (χ1) is 15.0. The molecule has 1 aliphatic rings. The molecule has 0 aliphatic carbocycles. The fourth-order valence-electron chi connectivity index (χ4n) is 3.43. The normalized spacial score (nSPS) is 13.7. The van der Waals surface area contributed by atoms with Crippen molar-refractivity contribution >= 4 is 28.7 Å². The van der Waals surface area contributed by atoms with Crippen molar-refractivity contribution in [3.05, 3.63) is 36.0 Å². The molecule has 166 valence electrons. The molecule has 1 aliphatic heterocycles. The van der Waals surface area contributed by atoms with Crippen molar-refractivity contribution in [1.82, 2.24) is 25.4 Å². The lowest BCUT2D eigenvalue weighted by molar-refractivity contribution is -0.131.